The quantitative estimate of drug-likeness (QED) is 0.406. The van der Waals surface area contributed by atoms with E-state index < -0.39 is 29.1 Å². The molecule has 0 radical (unpaired) electrons. The summed E-state index contributed by atoms with van der Waals surface area (Å²) in [6.07, 6.45) is 0. The molecule has 0 aliphatic carbocycles. The number of para-hydroxylation sites is 1. The second-order valence-electron chi connectivity index (χ2n) is 6.67. The minimum Gasteiger partial charge on any atom is -0.461 e. The molecule has 7 nitrogen and oxygen atoms in total. The Labute approximate surface area is 194 Å². The van der Waals surface area contributed by atoms with Crippen molar-refractivity contribution in [1.82, 2.24) is 9.78 Å². The summed E-state index contributed by atoms with van der Waals surface area (Å²) in [7, 11) is 0. The van der Waals surface area contributed by atoms with E-state index in [1.165, 1.54) is 29.6 Å². The SMILES string of the molecule is CCOC(=O)c1nn(-c2ccccc2F)c(=O)c2c(NC(=O)c3ccc(F)cc3Cl)scc12. The number of hydrogen-bond acceptors (Lipinski definition) is 6. The summed E-state index contributed by atoms with van der Waals surface area (Å²) in [5.41, 5.74) is -1.18. The van der Waals surface area contributed by atoms with Gasteiger partial charge in [-0.2, -0.15) is 9.78 Å². The van der Waals surface area contributed by atoms with Crippen LogP contribution in [-0.4, -0.2) is 28.3 Å². The molecule has 0 bridgehead atoms. The predicted molar refractivity (Wildman–Crippen MR) is 120 cm³/mol. The monoisotopic (exact) mass is 489 g/mol. The van der Waals surface area contributed by atoms with Crippen molar-refractivity contribution in [3.8, 4) is 5.69 Å². The first-order valence-electron chi connectivity index (χ1n) is 9.54. The maximum Gasteiger partial charge on any atom is 0.359 e. The van der Waals surface area contributed by atoms with E-state index in [4.69, 9.17) is 16.3 Å². The van der Waals surface area contributed by atoms with Crippen molar-refractivity contribution in [2.45, 2.75) is 6.92 Å². The third-order valence-corrected chi connectivity index (χ3v) is 5.81. The zero-order chi connectivity index (χ0) is 23.7. The number of rotatable bonds is 5. The molecule has 0 aliphatic rings. The predicted octanol–water partition coefficient (Wildman–Crippen LogP) is 4.81. The number of hydrogen-bond donors (Lipinski definition) is 1. The van der Waals surface area contributed by atoms with Crippen LogP contribution in [0.4, 0.5) is 13.8 Å². The van der Waals surface area contributed by atoms with E-state index in [2.05, 4.69) is 10.4 Å². The third-order valence-electron chi connectivity index (χ3n) is 4.60. The average molecular weight is 490 g/mol. The number of carbonyl (C=O) groups is 2. The number of thiophene rings is 1. The highest BCUT2D eigenvalue weighted by molar-refractivity contribution is 7.16. The Morgan fingerprint density at radius 1 is 1.21 bits per heavy atom. The zero-order valence-electron chi connectivity index (χ0n) is 16.9. The summed E-state index contributed by atoms with van der Waals surface area (Å²) >= 11 is 6.92. The van der Waals surface area contributed by atoms with Gasteiger partial charge in [-0.25, -0.2) is 13.6 Å². The van der Waals surface area contributed by atoms with Crippen molar-refractivity contribution in [2.24, 2.45) is 0 Å². The molecule has 4 rings (SSSR count). The molecule has 0 spiro atoms. The van der Waals surface area contributed by atoms with Gasteiger partial charge in [0.05, 0.1) is 22.6 Å². The Balaban J connectivity index is 1.90. The van der Waals surface area contributed by atoms with E-state index >= 15 is 0 Å². The Hall–Kier alpha value is -3.63. The largest absolute Gasteiger partial charge is 0.461 e. The lowest BCUT2D eigenvalue weighted by molar-refractivity contribution is 0.0519. The van der Waals surface area contributed by atoms with Crippen molar-refractivity contribution in [3.05, 3.63) is 86.1 Å². The zero-order valence-corrected chi connectivity index (χ0v) is 18.5. The molecule has 33 heavy (non-hydrogen) atoms. The number of halogens is 3. The molecule has 4 aromatic rings. The fraction of sp³-hybridized carbons (Fsp3) is 0.0909. The van der Waals surface area contributed by atoms with Crippen molar-refractivity contribution in [1.29, 1.82) is 0 Å². The molecule has 0 aliphatic heterocycles. The molecule has 0 saturated carbocycles. The Bertz CT molecular complexity index is 1470. The molecule has 2 aromatic carbocycles. The second-order valence-corrected chi connectivity index (χ2v) is 7.96. The summed E-state index contributed by atoms with van der Waals surface area (Å²) in [4.78, 5) is 38.6. The maximum absolute atomic E-state index is 14.4. The summed E-state index contributed by atoms with van der Waals surface area (Å²) in [5, 5.41) is 8.10. The van der Waals surface area contributed by atoms with E-state index in [0.717, 1.165) is 34.2 Å². The molecule has 11 heteroatoms. The van der Waals surface area contributed by atoms with Gasteiger partial charge in [-0.3, -0.25) is 9.59 Å². The summed E-state index contributed by atoms with van der Waals surface area (Å²) in [6.45, 7) is 1.66. The van der Waals surface area contributed by atoms with Crippen LogP contribution in [0.2, 0.25) is 5.02 Å². The molecule has 0 unspecified atom stereocenters. The highest BCUT2D eigenvalue weighted by Crippen LogP contribution is 2.31. The van der Waals surface area contributed by atoms with E-state index in [1.807, 2.05) is 0 Å². The first-order valence-corrected chi connectivity index (χ1v) is 10.8. The highest BCUT2D eigenvalue weighted by Gasteiger charge is 2.24. The smallest absolute Gasteiger partial charge is 0.359 e. The lowest BCUT2D eigenvalue weighted by Gasteiger charge is -2.10. The lowest BCUT2D eigenvalue weighted by atomic mass is 10.2. The lowest BCUT2D eigenvalue weighted by Crippen LogP contribution is -2.26. The van der Waals surface area contributed by atoms with Gasteiger partial charge in [-0.1, -0.05) is 23.7 Å². The van der Waals surface area contributed by atoms with Gasteiger partial charge >= 0.3 is 5.97 Å². The third kappa shape index (κ3) is 4.22. The minimum atomic E-state index is -0.815. The first kappa shape index (κ1) is 22.6. The van der Waals surface area contributed by atoms with Crippen LogP contribution < -0.4 is 10.9 Å². The van der Waals surface area contributed by atoms with E-state index in [9.17, 15) is 23.2 Å². The number of ether oxygens (including phenoxy) is 1. The van der Waals surface area contributed by atoms with E-state index in [1.54, 1.807) is 6.92 Å². The van der Waals surface area contributed by atoms with Gasteiger partial charge in [-0.05, 0) is 37.3 Å². The van der Waals surface area contributed by atoms with Gasteiger partial charge in [0.1, 0.15) is 22.3 Å². The average Bonchev–Trinajstić information content (AvgIpc) is 3.19. The van der Waals surface area contributed by atoms with Crippen molar-refractivity contribution < 1.29 is 23.1 Å². The molecule has 0 fully saturated rings. The maximum atomic E-state index is 14.4. The van der Waals surface area contributed by atoms with Crippen LogP contribution in [0.1, 0.15) is 27.8 Å². The molecule has 1 amide bonds. The first-order chi connectivity index (χ1) is 15.8. The molecule has 0 saturated heterocycles. The van der Waals surface area contributed by atoms with Gasteiger partial charge in [0.15, 0.2) is 5.69 Å². The molecule has 0 atom stereocenters. The number of esters is 1. The number of nitrogens with zero attached hydrogens (tertiary/aromatic N) is 2. The van der Waals surface area contributed by atoms with Crippen LogP contribution in [0.5, 0.6) is 0 Å². The Morgan fingerprint density at radius 3 is 2.67 bits per heavy atom. The van der Waals surface area contributed by atoms with Crippen LogP contribution in [0, 0.1) is 11.6 Å². The number of aromatic nitrogens is 2. The van der Waals surface area contributed by atoms with Crippen molar-refractivity contribution in [3.63, 3.8) is 0 Å². The van der Waals surface area contributed by atoms with Gasteiger partial charge in [0.2, 0.25) is 0 Å². The number of carbonyl (C=O) groups excluding carboxylic acids is 2. The molecular weight excluding hydrogens is 476 g/mol. The van der Waals surface area contributed by atoms with E-state index in [0.29, 0.717) is 0 Å². The van der Waals surface area contributed by atoms with Gasteiger partial charge in [0, 0.05) is 10.8 Å². The number of benzene rings is 2. The van der Waals surface area contributed by atoms with Crippen LogP contribution in [0.3, 0.4) is 0 Å². The van der Waals surface area contributed by atoms with Crippen LogP contribution in [0.25, 0.3) is 16.5 Å². The molecule has 2 heterocycles. The van der Waals surface area contributed by atoms with Crippen LogP contribution >= 0.6 is 22.9 Å². The molecule has 1 N–H and O–H groups in total. The summed E-state index contributed by atoms with van der Waals surface area (Å²) in [5.74, 6) is -2.86. The normalized spacial score (nSPS) is 10.9. The number of amides is 1. The van der Waals surface area contributed by atoms with Gasteiger partial charge in [0.25, 0.3) is 11.5 Å². The molecule has 2 aromatic heterocycles. The van der Waals surface area contributed by atoms with Crippen LogP contribution in [-0.2, 0) is 4.74 Å². The highest BCUT2D eigenvalue weighted by atomic mass is 35.5. The fourth-order valence-electron chi connectivity index (χ4n) is 3.12. The van der Waals surface area contributed by atoms with Crippen molar-refractivity contribution in [2.75, 3.05) is 11.9 Å². The fourth-order valence-corrected chi connectivity index (χ4v) is 4.31. The second kappa shape index (κ2) is 9.08. The number of nitrogens with one attached hydrogen (secondary N) is 1. The molecular formula is C22H14ClF2N3O4S. The Kier molecular flexibility index (Phi) is 6.21. The number of anilines is 1. The summed E-state index contributed by atoms with van der Waals surface area (Å²) in [6, 6.07) is 8.67. The standard InChI is InChI=1S/C22H14ClF2N3O4S/c1-2-32-22(31)18-13-10-33-20(26-19(29)12-8-7-11(24)9-14(12)23)17(13)21(30)28(27-18)16-6-4-3-5-15(16)25/h3-10H,2H2,1H3,(H,26,29). The van der Waals surface area contributed by atoms with Crippen molar-refractivity contribution >= 4 is 50.6 Å². The minimum absolute atomic E-state index is 0.0197. The summed E-state index contributed by atoms with van der Waals surface area (Å²) < 4.78 is 33.6. The Morgan fingerprint density at radius 2 is 1.97 bits per heavy atom. The van der Waals surface area contributed by atoms with Gasteiger partial charge in [-0.15, -0.1) is 11.3 Å². The molecule has 168 valence electrons. The van der Waals surface area contributed by atoms with Crippen LogP contribution in [0.15, 0.2) is 52.6 Å². The topological polar surface area (TPSA) is 90.3 Å². The van der Waals surface area contributed by atoms with E-state index in [-0.39, 0.29) is 44.3 Å². The number of fused-ring (bicyclic) bond motifs is 1. The van der Waals surface area contributed by atoms with Gasteiger partial charge < -0.3 is 10.1 Å².